The average molecular weight is 349 g/mol. The Morgan fingerprint density at radius 2 is 1.32 bits per heavy atom. The highest BCUT2D eigenvalue weighted by Gasteiger charge is 2.48. The third-order valence-electron chi connectivity index (χ3n) is 6.30. The van der Waals surface area contributed by atoms with Crippen LogP contribution in [0.4, 0.5) is 11.4 Å². The number of rotatable bonds is 4. The maximum absolute atomic E-state index is 4.56. The summed E-state index contributed by atoms with van der Waals surface area (Å²) in [7, 11) is 0. The SMILES string of the molecule is c1ccc(N=Nc2ccccc2SC2C3CC4CC(C3)CC2C4)cc1. The minimum absolute atomic E-state index is 0.792. The van der Waals surface area contributed by atoms with Crippen molar-refractivity contribution in [3.63, 3.8) is 0 Å². The van der Waals surface area contributed by atoms with E-state index in [-0.39, 0.29) is 0 Å². The smallest absolute Gasteiger partial charge is 0.0992 e. The molecule has 2 aromatic carbocycles. The summed E-state index contributed by atoms with van der Waals surface area (Å²) < 4.78 is 0. The Bertz CT molecular complexity index is 743. The van der Waals surface area contributed by atoms with Gasteiger partial charge in [0.2, 0.25) is 0 Å². The number of hydrogen-bond acceptors (Lipinski definition) is 3. The molecule has 0 aliphatic heterocycles. The molecular formula is C22H24N2S. The van der Waals surface area contributed by atoms with E-state index in [2.05, 4.69) is 46.3 Å². The molecule has 4 aliphatic carbocycles. The van der Waals surface area contributed by atoms with Crippen LogP contribution in [0.25, 0.3) is 0 Å². The predicted molar refractivity (Wildman–Crippen MR) is 104 cm³/mol. The van der Waals surface area contributed by atoms with Gasteiger partial charge in [0, 0.05) is 10.1 Å². The lowest BCUT2D eigenvalue weighted by molar-refractivity contribution is 0.0267. The lowest BCUT2D eigenvalue weighted by Crippen LogP contribution is -2.46. The molecule has 0 N–H and O–H groups in total. The van der Waals surface area contributed by atoms with E-state index < -0.39 is 0 Å². The second kappa shape index (κ2) is 6.60. The molecule has 3 heteroatoms. The van der Waals surface area contributed by atoms with Crippen molar-refractivity contribution >= 4 is 23.1 Å². The molecule has 4 aliphatic rings. The van der Waals surface area contributed by atoms with Crippen LogP contribution in [-0.4, -0.2) is 5.25 Å². The predicted octanol–water partition coefficient (Wildman–Crippen LogP) is 7.02. The van der Waals surface area contributed by atoms with Gasteiger partial charge in [-0.3, -0.25) is 0 Å². The first-order chi connectivity index (χ1) is 12.3. The topological polar surface area (TPSA) is 24.7 Å². The Kier molecular flexibility index (Phi) is 4.13. The third kappa shape index (κ3) is 3.15. The fourth-order valence-electron chi connectivity index (χ4n) is 5.46. The largest absolute Gasteiger partial charge is 0.151 e. The van der Waals surface area contributed by atoms with E-state index in [1.165, 1.54) is 37.0 Å². The second-order valence-corrected chi connectivity index (χ2v) is 9.24. The maximum atomic E-state index is 4.56. The molecule has 6 rings (SSSR count). The third-order valence-corrected chi connectivity index (χ3v) is 7.94. The summed E-state index contributed by atoms with van der Waals surface area (Å²) in [5.74, 6) is 3.93. The number of azo groups is 1. The van der Waals surface area contributed by atoms with Crippen LogP contribution >= 0.6 is 11.8 Å². The van der Waals surface area contributed by atoms with E-state index >= 15 is 0 Å². The summed E-state index contributed by atoms with van der Waals surface area (Å²) in [5.41, 5.74) is 1.93. The summed E-state index contributed by atoms with van der Waals surface area (Å²) in [4.78, 5) is 1.31. The Labute approximate surface area is 154 Å². The van der Waals surface area contributed by atoms with Gasteiger partial charge in [0.05, 0.1) is 11.4 Å². The van der Waals surface area contributed by atoms with Crippen molar-refractivity contribution in [3.8, 4) is 0 Å². The molecule has 2 nitrogen and oxygen atoms in total. The van der Waals surface area contributed by atoms with Gasteiger partial charge in [-0.2, -0.15) is 5.11 Å². The molecule has 4 bridgehead atoms. The van der Waals surface area contributed by atoms with Gasteiger partial charge >= 0.3 is 0 Å². The van der Waals surface area contributed by atoms with Gasteiger partial charge < -0.3 is 0 Å². The van der Waals surface area contributed by atoms with Crippen molar-refractivity contribution in [2.75, 3.05) is 0 Å². The van der Waals surface area contributed by atoms with Crippen LogP contribution in [0.3, 0.4) is 0 Å². The zero-order valence-corrected chi connectivity index (χ0v) is 15.2. The summed E-state index contributed by atoms with van der Waals surface area (Å²) in [6.45, 7) is 0. The zero-order chi connectivity index (χ0) is 16.6. The van der Waals surface area contributed by atoms with Gasteiger partial charge in [0.25, 0.3) is 0 Å². The lowest BCUT2D eigenvalue weighted by Gasteiger charge is -2.54. The van der Waals surface area contributed by atoms with E-state index in [1.54, 1.807) is 0 Å². The highest BCUT2D eigenvalue weighted by molar-refractivity contribution is 8.00. The first-order valence-corrected chi connectivity index (χ1v) is 10.5. The first-order valence-electron chi connectivity index (χ1n) is 9.57. The molecule has 0 heterocycles. The van der Waals surface area contributed by atoms with Crippen LogP contribution in [0.1, 0.15) is 32.1 Å². The summed E-state index contributed by atoms with van der Waals surface area (Å²) in [5, 5.41) is 9.79. The van der Waals surface area contributed by atoms with Crippen LogP contribution < -0.4 is 0 Å². The monoisotopic (exact) mass is 348 g/mol. The van der Waals surface area contributed by atoms with E-state index in [1.807, 2.05) is 30.3 Å². The van der Waals surface area contributed by atoms with Crippen molar-refractivity contribution in [2.45, 2.75) is 42.2 Å². The highest BCUT2D eigenvalue weighted by atomic mass is 32.2. The van der Waals surface area contributed by atoms with E-state index in [9.17, 15) is 0 Å². The second-order valence-electron chi connectivity index (χ2n) is 8.02. The summed E-state index contributed by atoms with van der Waals surface area (Å²) in [6, 6.07) is 18.6. The van der Waals surface area contributed by atoms with Crippen LogP contribution in [-0.2, 0) is 0 Å². The van der Waals surface area contributed by atoms with Gasteiger partial charge in [0.15, 0.2) is 0 Å². The number of benzene rings is 2. The molecule has 0 saturated heterocycles. The van der Waals surface area contributed by atoms with Gasteiger partial charge in [-0.1, -0.05) is 30.3 Å². The molecule has 25 heavy (non-hydrogen) atoms. The molecule has 4 fully saturated rings. The molecule has 0 radical (unpaired) electrons. The highest BCUT2D eigenvalue weighted by Crippen LogP contribution is 2.58. The standard InChI is InChI=1S/C22H24N2S/c1-2-6-19(7-3-1)23-24-20-8-4-5-9-21(20)25-22-17-11-15-10-16(13-17)14-18(22)12-15/h1-9,15-18,22H,10-14H2. The average Bonchev–Trinajstić information content (AvgIpc) is 2.64. The Hall–Kier alpha value is -1.61. The molecule has 2 aromatic rings. The lowest BCUT2D eigenvalue weighted by atomic mass is 9.56. The van der Waals surface area contributed by atoms with E-state index in [0.717, 1.165) is 40.3 Å². The molecule has 0 unspecified atom stereocenters. The summed E-state index contributed by atoms with van der Waals surface area (Å²) >= 11 is 2.09. The van der Waals surface area contributed by atoms with Crippen LogP contribution in [0.5, 0.6) is 0 Å². The molecule has 0 amide bonds. The number of hydrogen-bond donors (Lipinski definition) is 0. The number of thioether (sulfide) groups is 1. The first kappa shape index (κ1) is 15.6. The van der Waals surface area contributed by atoms with Gasteiger partial charge in [-0.25, -0.2) is 0 Å². The van der Waals surface area contributed by atoms with Crippen molar-refractivity contribution in [1.82, 2.24) is 0 Å². The Morgan fingerprint density at radius 1 is 0.680 bits per heavy atom. The molecule has 0 aromatic heterocycles. The van der Waals surface area contributed by atoms with E-state index in [0.29, 0.717) is 0 Å². The normalized spacial score (nSPS) is 33.2. The Morgan fingerprint density at radius 3 is 2.04 bits per heavy atom. The minimum atomic E-state index is 0.792. The van der Waals surface area contributed by atoms with Crippen molar-refractivity contribution in [3.05, 3.63) is 54.6 Å². The van der Waals surface area contributed by atoms with Crippen molar-refractivity contribution in [2.24, 2.45) is 33.9 Å². The number of nitrogens with zero attached hydrogens (tertiary/aromatic N) is 2. The molecule has 0 spiro atoms. The van der Waals surface area contributed by atoms with Crippen LogP contribution in [0.15, 0.2) is 69.7 Å². The van der Waals surface area contributed by atoms with Gasteiger partial charge in [0.1, 0.15) is 0 Å². The molecular weight excluding hydrogens is 324 g/mol. The fraction of sp³-hybridized carbons (Fsp3) is 0.455. The molecule has 0 atom stereocenters. The van der Waals surface area contributed by atoms with E-state index in [4.69, 9.17) is 0 Å². The van der Waals surface area contributed by atoms with Crippen molar-refractivity contribution < 1.29 is 0 Å². The summed E-state index contributed by atoms with van der Waals surface area (Å²) in [6.07, 6.45) is 7.40. The van der Waals surface area contributed by atoms with Gasteiger partial charge in [-0.15, -0.1) is 16.9 Å². The van der Waals surface area contributed by atoms with Gasteiger partial charge in [-0.05, 0) is 80.0 Å². The molecule has 128 valence electrons. The quantitative estimate of drug-likeness (QED) is 0.545. The van der Waals surface area contributed by atoms with Crippen molar-refractivity contribution in [1.29, 1.82) is 0 Å². The van der Waals surface area contributed by atoms with Crippen LogP contribution in [0.2, 0.25) is 0 Å². The zero-order valence-electron chi connectivity index (χ0n) is 14.4. The van der Waals surface area contributed by atoms with Crippen LogP contribution in [0, 0.1) is 23.7 Å². The minimum Gasteiger partial charge on any atom is -0.151 e. The molecule has 4 saturated carbocycles. The fourth-order valence-corrected chi connectivity index (χ4v) is 6.97. The maximum Gasteiger partial charge on any atom is 0.0992 e. The Balaban J connectivity index is 1.37.